The first kappa shape index (κ1) is 15.3. The quantitative estimate of drug-likeness (QED) is 0.483. The summed E-state index contributed by atoms with van der Waals surface area (Å²) >= 11 is 0. The summed E-state index contributed by atoms with van der Waals surface area (Å²) in [5, 5.41) is 16.2. The van der Waals surface area contributed by atoms with Crippen LogP contribution in [0, 0.1) is 11.8 Å². The molecule has 0 fully saturated rings. The number of carboxylic acid groups (broad SMARTS) is 2. The Morgan fingerprint density at radius 1 is 1.00 bits per heavy atom. The van der Waals surface area contributed by atoms with E-state index in [0.29, 0.717) is 0 Å². The van der Waals surface area contributed by atoms with Crippen LogP contribution in [0.5, 0.6) is 0 Å². The molecule has 0 aromatic carbocycles. The second kappa shape index (κ2) is 8.46. The van der Waals surface area contributed by atoms with E-state index in [1.165, 1.54) is 0 Å². The van der Waals surface area contributed by atoms with E-state index in [-0.39, 0.29) is 13.1 Å². The van der Waals surface area contributed by atoms with Crippen LogP contribution < -0.4 is 11.5 Å². The number of nitrogens with two attached hydrogens (primary N) is 2. The molecule has 0 amide bonds. The van der Waals surface area contributed by atoms with E-state index in [1.807, 2.05) is 0 Å². The molecule has 14 heavy (non-hydrogen) atoms. The Balaban J connectivity index is 0. The van der Waals surface area contributed by atoms with E-state index in [2.05, 4.69) is 0 Å². The fourth-order valence-electron chi connectivity index (χ4n) is 0.202. The molecule has 0 aromatic rings. The Morgan fingerprint density at radius 3 is 1.21 bits per heavy atom. The highest BCUT2D eigenvalue weighted by molar-refractivity contribution is 5.69. The van der Waals surface area contributed by atoms with E-state index in [4.69, 9.17) is 21.7 Å². The lowest BCUT2D eigenvalue weighted by Gasteiger charge is -1.96. The number of hydrogen-bond acceptors (Lipinski definition) is 4. The third-order valence-electron chi connectivity index (χ3n) is 1.55. The highest BCUT2D eigenvalue weighted by atomic mass is 16.4. The zero-order valence-electron chi connectivity index (χ0n) is 8.43. The molecule has 0 aliphatic carbocycles. The fraction of sp³-hybridized carbons (Fsp3) is 0.750. The Morgan fingerprint density at radius 2 is 1.21 bits per heavy atom. The predicted octanol–water partition coefficient (Wildman–Crippen LogP) is -0.668. The molecule has 0 saturated heterocycles. The maximum atomic E-state index is 9.85. The molecule has 6 heteroatoms. The highest BCUT2D eigenvalue weighted by Gasteiger charge is 2.06. The number of hydrogen-bond donors (Lipinski definition) is 4. The lowest BCUT2D eigenvalue weighted by Crippen LogP contribution is -2.19. The number of carboxylic acids is 2. The van der Waals surface area contributed by atoms with Gasteiger partial charge < -0.3 is 21.7 Å². The number of aliphatic carboxylic acids is 2. The van der Waals surface area contributed by atoms with Crippen LogP contribution in [0.15, 0.2) is 0 Å². The van der Waals surface area contributed by atoms with Crippen molar-refractivity contribution in [3.05, 3.63) is 0 Å². The molecule has 84 valence electrons. The summed E-state index contributed by atoms with van der Waals surface area (Å²) in [6.07, 6.45) is 0. The second-order valence-corrected chi connectivity index (χ2v) is 2.95. The first-order valence-electron chi connectivity index (χ1n) is 4.22. The molecule has 6 nitrogen and oxygen atoms in total. The molecule has 0 aliphatic heterocycles. The summed E-state index contributed by atoms with van der Waals surface area (Å²) in [4.78, 5) is 19.7. The van der Waals surface area contributed by atoms with Gasteiger partial charge in [-0.1, -0.05) is 13.8 Å². The third-order valence-corrected chi connectivity index (χ3v) is 1.55. The van der Waals surface area contributed by atoms with Gasteiger partial charge in [0.15, 0.2) is 0 Å². The van der Waals surface area contributed by atoms with Crippen molar-refractivity contribution in [1.82, 2.24) is 0 Å². The van der Waals surface area contributed by atoms with Gasteiger partial charge in [0, 0.05) is 13.1 Å². The topological polar surface area (TPSA) is 127 Å². The molecule has 0 rings (SSSR count). The van der Waals surface area contributed by atoms with Crippen molar-refractivity contribution in [2.24, 2.45) is 23.3 Å². The molecule has 0 aromatic heterocycles. The van der Waals surface area contributed by atoms with Crippen LogP contribution in [0.25, 0.3) is 0 Å². The molecular weight excluding hydrogens is 188 g/mol. The van der Waals surface area contributed by atoms with E-state index in [1.54, 1.807) is 13.8 Å². The van der Waals surface area contributed by atoms with Gasteiger partial charge >= 0.3 is 11.9 Å². The van der Waals surface area contributed by atoms with Gasteiger partial charge in [0.1, 0.15) is 0 Å². The van der Waals surface area contributed by atoms with Crippen molar-refractivity contribution in [3.8, 4) is 0 Å². The summed E-state index contributed by atoms with van der Waals surface area (Å²) in [5.74, 6) is -2.47. The molecule has 0 bridgehead atoms. The van der Waals surface area contributed by atoms with Crippen molar-refractivity contribution < 1.29 is 19.8 Å². The number of rotatable bonds is 4. The first-order chi connectivity index (χ1) is 6.36. The first-order valence-corrected chi connectivity index (χ1v) is 4.22. The Labute approximate surface area is 82.9 Å². The molecule has 6 N–H and O–H groups in total. The van der Waals surface area contributed by atoms with Crippen LogP contribution in [0.3, 0.4) is 0 Å². The van der Waals surface area contributed by atoms with Crippen LogP contribution >= 0.6 is 0 Å². The van der Waals surface area contributed by atoms with Crippen LogP contribution in [0.2, 0.25) is 0 Å². The van der Waals surface area contributed by atoms with E-state index < -0.39 is 23.8 Å². The van der Waals surface area contributed by atoms with Gasteiger partial charge in [0.2, 0.25) is 0 Å². The van der Waals surface area contributed by atoms with Gasteiger partial charge in [-0.2, -0.15) is 0 Å². The van der Waals surface area contributed by atoms with Crippen LogP contribution in [0.1, 0.15) is 13.8 Å². The predicted molar refractivity (Wildman–Crippen MR) is 51.7 cm³/mol. The minimum Gasteiger partial charge on any atom is -0.481 e. The maximum absolute atomic E-state index is 9.85. The smallest absolute Gasteiger partial charge is 0.307 e. The third kappa shape index (κ3) is 8.95. The largest absolute Gasteiger partial charge is 0.481 e. The molecule has 2 unspecified atom stereocenters. The zero-order valence-corrected chi connectivity index (χ0v) is 8.43. The van der Waals surface area contributed by atoms with E-state index in [9.17, 15) is 9.59 Å². The molecule has 0 heterocycles. The normalized spacial score (nSPS) is 13.4. The van der Waals surface area contributed by atoms with Gasteiger partial charge in [0.05, 0.1) is 11.8 Å². The summed E-state index contributed by atoms with van der Waals surface area (Å²) < 4.78 is 0. The average molecular weight is 206 g/mol. The zero-order chi connectivity index (χ0) is 11.7. The van der Waals surface area contributed by atoms with Crippen LogP contribution in [-0.4, -0.2) is 35.2 Å². The Hall–Kier alpha value is -1.14. The molecule has 0 saturated carbocycles. The molecule has 0 radical (unpaired) electrons. The van der Waals surface area contributed by atoms with Crippen molar-refractivity contribution in [2.75, 3.05) is 13.1 Å². The van der Waals surface area contributed by atoms with Gasteiger partial charge in [-0.05, 0) is 0 Å². The van der Waals surface area contributed by atoms with Crippen molar-refractivity contribution in [1.29, 1.82) is 0 Å². The fourth-order valence-corrected chi connectivity index (χ4v) is 0.202. The summed E-state index contributed by atoms with van der Waals surface area (Å²) in [5.41, 5.74) is 9.98. The average Bonchev–Trinajstić information content (AvgIpc) is 2.15. The Kier molecular flexibility index (Phi) is 9.27. The van der Waals surface area contributed by atoms with Gasteiger partial charge in [-0.25, -0.2) is 0 Å². The lowest BCUT2D eigenvalue weighted by molar-refractivity contribution is -0.141. The lowest BCUT2D eigenvalue weighted by atomic mass is 10.2. The van der Waals surface area contributed by atoms with Crippen LogP contribution in [-0.2, 0) is 9.59 Å². The van der Waals surface area contributed by atoms with E-state index >= 15 is 0 Å². The molecular formula is C8H18N2O4. The van der Waals surface area contributed by atoms with Crippen molar-refractivity contribution >= 4 is 11.9 Å². The second-order valence-electron chi connectivity index (χ2n) is 2.95. The Bertz CT molecular complexity index is 164. The molecule has 2 atom stereocenters. The molecule has 0 aliphatic rings. The van der Waals surface area contributed by atoms with Gasteiger partial charge in [0.25, 0.3) is 0 Å². The summed E-state index contributed by atoms with van der Waals surface area (Å²) in [6, 6.07) is 0. The van der Waals surface area contributed by atoms with Gasteiger partial charge in [-0.3, -0.25) is 9.59 Å². The van der Waals surface area contributed by atoms with Crippen LogP contribution in [0.4, 0.5) is 0 Å². The molecule has 0 spiro atoms. The van der Waals surface area contributed by atoms with Gasteiger partial charge in [-0.15, -0.1) is 0 Å². The maximum Gasteiger partial charge on any atom is 0.307 e. The minimum atomic E-state index is -0.831. The summed E-state index contributed by atoms with van der Waals surface area (Å²) in [7, 11) is 0. The summed E-state index contributed by atoms with van der Waals surface area (Å²) in [6.45, 7) is 3.58. The van der Waals surface area contributed by atoms with Crippen molar-refractivity contribution in [3.63, 3.8) is 0 Å². The van der Waals surface area contributed by atoms with E-state index in [0.717, 1.165) is 0 Å². The number of carbonyl (C=O) groups is 2. The van der Waals surface area contributed by atoms with Crippen molar-refractivity contribution in [2.45, 2.75) is 13.8 Å². The minimum absolute atomic E-state index is 0.218. The highest BCUT2D eigenvalue weighted by Crippen LogP contribution is 1.87. The monoisotopic (exact) mass is 206 g/mol. The SMILES string of the molecule is CC(CN)C(=O)O.CC(CN)C(=O)O. The standard InChI is InChI=1S/2C4H9NO2/c2*1-3(2-5)4(6)7/h2*3H,2,5H2,1H3,(H,6,7).